The van der Waals surface area contributed by atoms with Crippen LogP contribution in [0, 0.1) is 0 Å². The molecule has 0 saturated heterocycles. The van der Waals surface area contributed by atoms with Crippen molar-refractivity contribution in [3.05, 3.63) is 35.9 Å². The lowest BCUT2D eigenvalue weighted by atomic mass is 10.0. The van der Waals surface area contributed by atoms with Gasteiger partial charge in [0, 0.05) is 12.0 Å². The van der Waals surface area contributed by atoms with Gasteiger partial charge in [-0.2, -0.15) is 0 Å². The number of alkyl halides is 2. The quantitative estimate of drug-likeness (QED) is 0.741. The van der Waals surface area contributed by atoms with Gasteiger partial charge in [-0.05, 0) is 0 Å². The zero-order valence-electron chi connectivity index (χ0n) is 8.77. The first kappa shape index (κ1) is 13.1. The fraction of sp³-hybridized carbons (Fsp3) is 0.273. The van der Waals surface area contributed by atoms with E-state index in [9.17, 15) is 18.4 Å². The van der Waals surface area contributed by atoms with E-state index in [4.69, 9.17) is 5.11 Å². The highest BCUT2D eigenvalue weighted by molar-refractivity contribution is 5.76. The zero-order chi connectivity index (χ0) is 12.9. The maximum atomic E-state index is 13.7. The van der Waals surface area contributed by atoms with E-state index in [0.29, 0.717) is 0 Å². The minimum absolute atomic E-state index is 0.0971. The minimum Gasteiger partial charge on any atom is -0.480 e. The van der Waals surface area contributed by atoms with Crippen molar-refractivity contribution in [3.8, 4) is 0 Å². The van der Waals surface area contributed by atoms with Gasteiger partial charge in [-0.3, -0.25) is 4.79 Å². The number of rotatable bonds is 6. The molecule has 0 radical (unpaired) electrons. The highest BCUT2D eigenvalue weighted by Crippen LogP contribution is 2.32. The van der Waals surface area contributed by atoms with E-state index in [1.807, 2.05) is 5.32 Å². The molecule has 1 atom stereocenters. The van der Waals surface area contributed by atoms with Crippen LogP contribution in [0.3, 0.4) is 0 Å². The molecule has 2 N–H and O–H groups in total. The van der Waals surface area contributed by atoms with Crippen molar-refractivity contribution in [1.82, 2.24) is 5.32 Å². The van der Waals surface area contributed by atoms with Crippen LogP contribution in [0.1, 0.15) is 12.0 Å². The third-order valence-corrected chi connectivity index (χ3v) is 2.22. The van der Waals surface area contributed by atoms with E-state index < -0.39 is 24.4 Å². The number of hydrogen-bond acceptors (Lipinski definition) is 2. The van der Waals surface area contributed by atoms with Gasteiger partial charge in [-0.25, -0.2) is 13.6 Å². The summed E-state index contributed by atoms with van der Waals surface area (Å²) >= 11 is 0. The first-order chi connectivity index (χ1) is 7.97. The Kier molecular flexibility index (Phi) is 4.14. The van der Waals surface area contributed by atoms with Crippen LogP contribution >= 0.6 is 0 Å². The van der Waals surface area contributed by atoms with Gasteiger partial charge < -0.3 is 10.4 Å². The number of hydrogen-bond donors (Lipinski definition) is 2. The van der Waals surface area contributed by atoms with E-state index in [1.165, 1.54) is 24.3 Å². The van der Waals surface area contributed by atoms with Crippen molar-refractivity contribution in [2.45, 2.75) is 18.4 Å². The lowest BCUT2D eigenvalue weighted by Crippen LogP contribution is -2.39. The van der Waals surface area contributed by atoms with Gasteiger partial charge in [0.15, 0.2) is 0 Å². The fourth-order valence-electron chi connectivity index (χ4n) is 1.36. The van der Waals surface area contributed by atoms with E-state index in [1.54, 1.807) is 6.07 Å². The van der Waals surface area contributed by atoms with Gasteiger partial charge in [0.2, 0.25) is 6.41 Å². The Morgan fingerprint density at radius 3 is 2.47 bits per heavy atom. The molecule has 0 bridgehead atoms. The molecule has 17 heavy (non-hydrogen) atoms. The molecule has 0 fully saturated rings. The predicted octanol–water partition coefficient (Wildman–Crippen LogP) is 1.37. The zero-order valence-corrected chi connectivity index (χ0v) is 8.77. The first-order valence-corrected chi connectivity index (χ1v) is 4.83. The molecule has 0 aromatic heterocycles. The number of benzene rings is 1. The molecule has 4 nitrogen and oxygen atoms in total. The van der Waals surface area contributed by atoms with Crippen LogP contribution in [0.15, 0.2) is 30.3 Å². The summed E-state index contributed by atoms with van der Waals surface area (Å²) in [6.07, 6.45) is -0.884. The summed E-state index contributed by atoms with van der Waals surface area (Å²) in [6, 6.07) is 5.26. The molecule has 1 rings (SSSR count). The predicted molar refractivity (Wildman–Crippen MR) is 55.6 cm³/mol. The van der Waals surface area contributed by atoms with Crippen molar-refractivity contribution < 1.29 is 23.5 Å². The third-order valence-electron chi connectivity index (χ3n) is 2.22. The van der Waals surface area contributed by atoms with Crippen molar-refractivity contribution in [1.29, 1.82) is 0 Å². The van der Waals surface area contributed by atoms with E-state index in [-0.39, 0.29) is 12.0 Å². The number of nitrogens with one attached hydrogen (secondary N) is 1. The van der Waals surface area contributed by atoms with Crippen molar-refractivity contribution >= 4 is 12.4 Å². The van der Waals surface area contributed by atoms with Gasteiger partial charge in [-0.15, -0.1) is 0 Å². The molecule has 0 heterocycles. The van der Waals surface area contributed by atoms with Gasteiger partial charge in [-0.1, -0.05) is 30.3 Å². The standard InChI is InChI=1S/C11H11F2NO3/c12-11(13,8-4-2-1-3-5-8)6-9(10(16)17)14-7-15/h1-5,7,9H,6H2,(H,14,15)(H,16,17). The lowest BCUT2D eigenvalue weighted by molar-refractivity contribution is -0.143. The van der Waals surface area contributed by atoms with Gasteiger partial charge in [0.05, 0.1) is 0 Å². The van der Waals surface area contributed by atoms with Gasteiger partial charge in [0.1, 0.15) is 6.04 Å². The normalized spacial score (nSPS) is 12.8. The van der Waals surface area contributed by atoms with Crippen LogP contribution in [0.4, 0.5) is 8.78 Å². The summed E-state index contributed by atoms with van der Waals surface area (Å²) < 4.78 is 27.3. The fourth-order valence-corrected chi connectivity index (χ4v) is 1.36. The second kappa shape index (κ2) is 5.38. The van der Waals surface area contributed by atoms with Gasteiger partial charge in [0.25, 0.3) is 5.92 Å². The maximum Gasteiger partial charge on any atom is 0.326 e. The van der Waals surface area contributed by atoms with Crippen LogP contribution in [0.5, 0.6) is 0 Å². The van der Waals surface area contributed by atoms with Gasteiger partial charge >= 0.3 is 5.97 Å². The average molecular weight is 243 g/mol. The number of aliphatic carboxylic acids is 1. The Bertz CT molecular complexity index is 395. The Balaban J connectivity index is 2.84. The van der Waals surface area contributed by atoms with Crippen LogP contribution < -0.4 is 5.32 Å². The Labute approximate surface area is 96.3 Å². The van der Waals surface area contributed by atoms with Crippen LogP contribution in [-0.2, 0) is 15.5 Å². The third kappa shape index (κ3) is 3.51. The molecule has 0 saturated carbocycles. The molecule has 92 valence electrons. The topological polar surface area (TPSA) is 66.4 Å². The lowest BCUT2D eigenvalue weighted by Gasteiger charge is -2.20. The molecule has 1 aromatic rings. The number of carbonyl (C=O) groups is 2. The van der Waals surface area contributed by atoms with E-state index in [0.717, 1.165) is 0 Å². The minimum atomic E-state index is -3.31. The SMILES string of the molecule is O=CNC(CC(F)(F)c1ccccc1)C(=O)O. The summed E-state index contributed by atoms with van der Waals surface area (Å²) in [5.41, 5.74) is -0.279. The summed E-state index contributed by atoms with van der Waals surface area (Å²) in [5, 5.41) is 10.5. The van der Waals surface area contributed by atoms with Crippen LogP contribution in [0.2, 0.25) is 0 Å². The second-order valence-corrected chi connectivity index (χ2v) is 3.45. The first-order valence-electron chi connectivity index (χ1n) is 4.83. The van der Waals surface area contributed by atoms with Crippen LogP contribution in [0.25, 0.3) is 0 Å². The molecule has 0 aliphatic carbocycles. The summed E-state index contributed by atoms with van der Waals surface area (Å²) in [7, 11) is 0. The Morgan fingerprint density at radius 2 is 2.00 bits per heavy atom. The van der Waals surface area contributed by atoms with Crippen molar-refractivity contribution in [2.24, 2.45) is 0 Å². The highest BCUT2D eigenvalue weighted by Gasteiger charge is 2.37. The smallest absolute Gasteiger partial charge is 0.326 e. The molecular formula is C11H11F2NO3. The van der Waals surface area contributed by atoms with Crippen LogP contribution in [-0.4, -0.2) is 23.5 Å². The molecule has 0 aliphatic heterocycles. The van der Waals surface area contributed by atoms with Crippen molar-refractivity contribution in [3.63, 3.8) is 0 Å². The Hall–Kier alpha value is -1.98. The number of halogens is 2. The number of carbonyl (C=O) groups excluding carboxylic acids is 1. The van der Waals surface area contributed by atoms with Crippen molar-refractivity contribution in [2.75, 3.05) is 0 Å². The Morgan fingerprint density at radius 1 is 1.41 bits per heavy atom. The summed E-state index contributed by atoms with van der Waals surface area (Å²) in [5.74, 6) is -4.80. The molecule has 6 heteroatoms. The van der Waals surface area contributed by atoms with E-state index >= 15 is 0 Å². The number of carboxylic acid groups (broad SMARTS) is 1. The number of carboxylic acids is 1. The van der Waals surface area contributed by atoms with E-state index in [2.05, 4.69) is 0 Å². The number of amides is 1. The maximum absolute atomic E-state index is 13.7. The molecule has 0 spiro atoms. The summed E-state index contributed by atoms with van der Waals surface area (Å²) in [6.45, 7) is 0. The summed E-state index contributed by atoms with van der Waals surface area (Å²) in [4.78, 5) is 20.8. The average Bonchev–Trinajstić information content (AvgIpc) is 2.29. The molecular weight excluding hydrogens is 232 g/mol. The molecule has 1 aromatic carbocycles. The largest absolute Gasteiger partial charge is 0.480 e. The highest BCUT2D eigenvalue weighted by atomic mass is 19.3. The molecule has 1 unspecified atom stereocenters. The molecule has 1 amide bonds. The second-order valence-electron chi connectivity index (χ2n) is 3.45. The monoisotopic (exact) mass is 243 g/mol. The molecule has 0 aliphatic rings.